The van der Waals surface area contributed by atoms with Crippen molar-refractivity contribution in [3.63, 3.8) is 0 Å². The monoisotopic (exact) mass is 382 g/mol. The largest absolute Gasteiger partial charge is 0.496 e. The highest BCUT2D eigenvalue weighted by Crippen LogP contribution is 2.28. The van der Waals surface area contributed by atoms with Crippen molar-refractivity contribution in [3.05, 3.63) is 67.9 Å². The second-order valence-corrected chi connectivity index (χ2v) is 5.89. The standard InChI is InChI=1S/C16H16BrFN2O3/c1-10(13-8-12(18)4-6-16(13)23-2)19-9-11-3-5-14(17)15(7-11)20(21)22/h3-8,10,19H,9H2,1-2H3. The second kappa shape index (κ2) is 7.52. The molecule has 0 aliphatic rings. The molecule has 0 radical (unpaired) electrons. The van der Waals surface area contributed by atoms with Gasteiger partial charge in [-0.25, -0.2) is 4.39 Å². The number of nitrogens with zero attached hydrogens (tertiary/aromatic N) is 1. The Kier molecular flexibility index (Phi) is 5.68. The number of hydrogen-bond acceptors (Lipinski definition) is 4. The summed E-state index contributed by atoms with van der Waals surface area (Å²) in [7, 11) is 1.53. The van der Waals surface area contributed by atoms with Crippen LogP contribution in [0.15, 0.2) is 40.9 Å². The third kappa shape index (κ3) is 4.27. The smallest absolute Gasteiger partial charge is 0.283 e. The maximum absolute atomic E-state index is 13.4. The van der Waals surface area contributed by atoms with Crippen molar-refractivity contribution in [3.8, 4) is 5.75 Å². The number of methoxy groups -OCH3 is 1. The second-order valence-electron chi connectivity index (χ2n) is 5.03. The van der Waals surface area contributed by atoms with Gasteiger partial charge in [-0.2, -0.15) is 0 Å². The summed E-state index contributed by atoms with van der Waals surface area (Å²) in [5.41, 5.74) is 1.47. The van der Waals surface area contributed by atoms with E-state index in [-0.39, 0.29) is 17.5 Å². The minimum absolute atomic E-state index is 0.0142. The summed E-state index contributed by atoms with van der Waals surface area (Å²) in [4.78, 5) is 10.5. The molecule has 0 spiro atoms. The lowest BCUT2D eigenvalue weighted by atomic mass is 10.1. The average molecular weight is 383 g/mol. The molecule has 2 aromatic carbocycles. The Bertz CT molecular complexity index is 724. The van der Waals surface area contributed by atoms with Gasteiger partial charge in [0.15, 0.2) is 0 Å². The minimum Gasteiger partial charge on any atom is -0.496 e. The third-order valence-electron chi connectivity index (χ3n) is 3.48. The van der Waals surface area contributed by atoms with Crippen LogP contribution in [0.1, 0.15) is 24.1 Å². The van der Waals surface area contributed by atoms with Crippen molar-refractivity contribution in [2.45, 2.75) is 19.5 Å². The molecular formula is C16H16BrFN2O3. The van der Waals surface area contributed by atoms with E-state index in [1.807, 2.05) is 6.92 Å². The highest BCUT2D eigenvalue weighted by Gasteiger charge is 2.15. The predicted octanol–water partition coefficient (Wildman–Crippen LogP) is 4.36. The lowest BCUT2D eigenvalue weighted by Crippen LogP contribution is -2.19. The molecule has 0 aliphatic heterocycles. The van der Waals surface area contributed by atoms with Gasteiger partial charge in [-0.3, -0.25) is 10.1 Å². The molecule has 0 aliphatic carbocycles. The van der Waals surface area contributed by atoms with Crippen LogP contribution in [-0.4, -0.2) is 12.0 Å². The van der Waals surface area contributed by atoms with Gasteiger partial charge >= 0.3 is 0 Å². The van der Waals surface area contributed by atoms with Crippen LogP contribution in [-0.2, 0) is 6.54 Å². The topological polar surface area (TPSA) is 64.4 Å². The summed E-state index contributed by atoms with van der Waals surface area (Å²) < 4.78 is 19.1. The van der Waals surface area contributed by atoms with Crippen molar-refractivity contribution in [1.82, 2.24) is 5.32 Å². The van der Waals surface area contributed by atoms with E-state index >= 15 is 0 Å². The van der Waals surface area contributed by atoms with Gasteiger partial charge in [-0.1, -0.05) is 6.07 Å². The number of nitro groups is 1. The Balaban J connectivity index is 2.13. The van der Waals surface area contributed by atoms with Gasteiger partial charge in [0.1, 0.15) is 11.6 Å². The van der Waals surface area contributed by atoms with Crippen molar-refractivity contribution in [1.29, 1.82) is 0 Å². The molecule has 0 heterocycles. The molecule has 23 heavy (non-hydrogen) atoms. The number of ether oxygens (including phenoxy) is 1. The zero-order chi connectivity index (χ0) is 17.0. The summed E-state index contributed by atoms with van der Waals surface area (Å²) in [6.07, 6.45) is 0. The van der Waals surface area contributed by atoms with Crippen LogP contribution < -0.4 is 10.1 Å². The molecular weight excluding hydrogens is 367 g/mol. The highest BCUT2D eigenvalue weighted by atomic mass is 79.9. The van der Waals surface area contributed by atoms with Crippen molar-refractivity contribution in [2.24, 2.45) is 0 Å². The molecule has 1 atom stereocenters. The maximum atomic E-state index is 13.4. The molecule has 0 saturated heterocycles. The van der Waals surface area contributed by atoms with E-state index in [4.69, 9.17) is 4.74 Å². The molecule has 0 aromatic heterocycles. The first-order chi connectivity index (χ1) is 10.9. The van der Waals surface area contributed by atoms with E-state index in [1.165, 1.54) is 25.3 Å². The zero-order valence-corrected chi connectivity index (χ0v) is 14.3. The first-order valence-corrected chi connectivity index (χ1v) is 7.71. The number of nitrogens with one attached hydrogen (secondary N) is 1. The molecule has 1 N–H and O–H groups in total. The summed E-state index contributed by atoms with van der Waals surface area (Å²) in [6, 6.07) is 9.10. The minimum atomic E-state index is -0.438. The van der Waals surface area contributed by atoms with E-state index in [1.54, 1.807) is 18.2 Å². The quantitative estimate of drug-likeness (QED) is 0.595. The number of benzene rings is 2. The Morgan fingerprint density at radius 2 is 2.09 bits per heavy atom. The van der Waals surface area contributed by atoms with E-state index in [9.17, 15) is 14.5 Å². The van der Waals surface area contributed by atoms with Crippen molar-refractivity contribution >= 4 is 21.6 Å². The lowest BCUT2D eigenvalue weighted by Gasteiger charge is -2.17. The van der Waals surface area contributed by atoms with Gasteiger partial charge in [0.2, 0.25) is 0 Å². The summed E-state index contributed by atoms with van der Waals surface area (Å²) in [5.74, 6) is 0.252. The molecule has 0 bridgehead atoms. The van der Waals surface area contributed by atoms with Gasteiger partial charge in [-0.05, 0) is 52.7 Å². The molecule has 0 amide bonds. The molecule has 2 rings (SSSR count). The molecule has 2 aromatic rings. The SMILES string of the molecule is COc1ccc(F)cc1C(C)NCc1ccc(Br)c([N+](=O)[O-])c1. The van der Waals surface area contributed by atoms with Crippen LogP contribution in [0.5, 0.6) is 5.75 Å². The third-order valence-corrected chi connectivity index (χ3v) is 4.15. The maximum Gasteiger partial charge on any atom is 0.283 e. The summed E-state index contributed by atoms with van der Waals surface area (Å²) >= 11 is 3.15. The van der Waals surface area contributed by atoms with Gasteiger partial charge in [0.25, 0.3) is 5.69 Å². The summed E-state index contributed by atoms with van der Waals surface area (Å²) in [6.45, 7) is 2.29. The number of rotatable bonds is 6. The van der Waals surface area contributed by atoms with Gasteiger partial charge in [0, 0.05) is 24.2 Å². The Morgan fingerprint density at radius 3 is 2.74 bits per heavy atom. The molecule has 5 nitrogen and oxygen atoms in total. The molecule has 1 unspecified atom stereocenters. The molecule has 0 fully saturated rings. The highest BCUT2D eigenvalue weighted by molar-refractivity contribution is 9.10. The fraction of sp³-hybridized carbons (Fsp3) is 0.250. The Labute approximate surface area is 141 Å². The summed E-state index contributed by atoms with van der Waals surface area (Å²) in [5, 5.41) is 14.2. The van der Waals surface area contributed by atoms with Crippen LogP contribution in [0.2, 0.25) is 0 Å². The number of hydrogen-bond donors (Lipinski definition) is 1. The van der Waals surface area contributed by atoms with Crippen molar-refractivity contribution < 1.29 is 14.1 Å². The average Bonchev–Trinajstić information content (AvgIpc) is 2.53. The van der Waals surface area contributed by atoms with Crippen LogP contribution in [0.4, 0.5) is 10.1 Å². The van der Waals surface area contributed by atoms with Crippen LogP contribution in [0.25, 0.3) is 0 Å². The van der Waals surface area contributed by atoms with Crippen LogP contribution in [0, 0.1) is 15.9 Å². The fourth-order valence-electron chi connectivity index (χ4n) is 2.23. The van der Waals surface area contributed by atoms with E-state index < -0.39 is 4.92 Å². The normalized spacial score (nSPS) is 12.0. The van der Waals surface area contributed by atoms with E-state index in [0.29, 0.717) is 22.3 Å². The van der Waals surface area contributed by atoms with Gasteiger partial charge < -0.3 is 10.1 Å². The zero-order valence-electron chi connectivity index (χ0n) is 12.7. The van der Waals surface area contributed by atoms with E-state index in [2.05, 4.69) is 21.2 Å². The number of nitro benzene ring substituents is 1. The van der Waals surface area contributed by atoms with E-state index in [0.717, 1.165) is 5.56 Å². The Hall–Kier alpha value is -1.99. The molecule has 0 saturated carbocycles. The first kappa shape index (κ1) is 17.4. The molecule has 7 heteroatoms. The molecule has 122 valence electrons. The Morgan fingerprint density at radius 1 is 1.35 bits per heavy atom. The van der Waals surface area contributed by atoms with Gasteiger partial charge in [-0.15, -0.1) is 0 Å². The number of halogens is 2. The van der Waals surface area contributed by atoms with Crippen LogP contribution >= 0.6 is 15.9 Å². The first-order valence-electron chi connectivity index (χ1n) is 6.92. The van der Waals surface area contributed by atoms with Gasteiger partial charge in [0.05, 0.1) is 16.5 Å². The van der Waals surface area contributed by atoms with Crippen molar-refractivity contribution in [2.75, 3.05) is 7.11 Å². The fourth-order valence-corrected chi connectivity index (χ4v) is 2.62. The van der Waals surface area contributed by atoms with Crippen LogP contribution in [0.3, 0.4) is 0 Å². The predicted molar refractivity (Wildman–Crippen MR) is 89.0 cm³/mol. The lowest BCUT2D eigenvalue weighted by molar-refractivity contribution is -0.385.